The number of aromatic nitrogens is 4. The van der Waals surface area contributed by atoms with Gasteiger partial charge < -0.3 is 4.74 Å². The minimum absolute atomic E-state index is 0.369. The van der Waals surface area contributed by atoms with Gasteiger partial charge in [0.2, 0.25) is 5.69 Å². The van der Waals surface area contributed by atoms with Gasteiger partial charge in [0.05, 0.1) is 24.4 Å². The van der Waals surface area contributed by atoms with Crippen molar-refractivity contribution in [1.29, 1.82) is 0 Å². The lowest BCUT2D eigenvalue weighted by Gasteiger charge is -1.96. The zero-order chi connectivity index (χ0) is 13.1. The van der Waals surface area contributed by atoms with Crippen LogP contribution in [-0.4, -0.2) is 37.8 Å². The van der Waals surface area contributed by atoms with E-state index in [1.54, 1.807) is 0 Å². The van der Waals surface area contributed by atoms with E-state index in [1.165, 1.54) is 18.7 Å². The van der Waals surface area contributed by atoms with Crippen molar-refractivity contribution < 1.29 is 14.5 Å². The SMILES string of the molecule is COC(=O)c1nn(-c2cncnc2)cc1[N+](=O)[O-]. The molecule has 0 spiro atoms. The third-order valence-electron chi connectivity index (χ3n) is 2.08. The van der Waals surface area contributed by atoms with Crippen molar-refractivity contribution in [2.75, 3.05) is 7.11 Å². The fraction of sp³-hybridized carbons (Fsp3) is 0.111. The van der Waals surface area contributed by atoms with Crippen molar-refractivity contribution in [2.24, 2.45) is 0 Å². The summed E-state index contributed by atoms with van der Waals surface area (Å²) in [4.78, 5) is 28.9. The van der Waals surface area contributed by atoms with Crippen molar-refractivity contribution >= 4 is 11.7 Å². The van der Waals surface area contributed by atoms with Gasteiger partial charge in [-0.1, -0.05) is 0 Å². The molecule has 9 nitrogen and oxygen atoms in total. The summed E-state index contributed by atoms with van der Waals surface area (Å²) in [5, 5.41) is 14.6. The largest absolute Gasteiger partial charge is 0.464 e. The maximum Gasteiger partial charge on any atom is 0.365 e. The Morgan fingerprint density at radius 2 is 2.11 bits per heavy atom. The van der Waals surface area contributed by atoms with Crippen LogP contribution in [0.4, 0.5) is 5.69 Å². The maximum absolute atomic E-state index is 11.3. The number of carbonyl (C=O) groups is 1. The molecule has 0 unspecified atom stereocenters. The molecule has 0 aliphatic heterocycles. The molecular formula is C9H7N5O4. The summed E-state index contributed by atoms with van der Waals surface area (Å²) < 4.78 is 5.57. The number of hydrogen-bond acceptors (Lipinski definition) is 7. The van der Waals surface area contributed by atoms with Crippen LogP contribution < -0.4 is 0 Å². The van der Waals surface area contributed by atoms with E-state index in [2.05, 4.69) is 19.8 Å². The van der Waals surface area contributed by atoms with Crippen LogP contribution >= 0.6 is 0 Å². The highest BCUT2D eigenvalue weighted by atomic mass is 16.6. The number of ether oxygens (including phenoxy) is 1. The molecule has 2 aromatic heterocycles. The normalized spacial score (nSPS) is 10.1. The smallest absolute Gasteiger partial charge is 0.365 e. The number of methoxy groups -OCH3 is 1. The van der Waals surface area contributed by atoms with Crippen LogP contribution in [0.15, 0.2) is 24.9 Å². The number of hydrogen-bond donors (Lipinski definition) is 0. The van der Waals surface area contributed by atoms with Gasteiger partial charge >= 0.3 is 11.7 Å². The van der Waals surface area contributed by atoms with E-state index in [0.29, 0.717) is 5.69 Å². The van der Waals surface area contributed by atoms with Crippen molar-refractivity contribution in [1.82, 2.24) is 19.7 Å². The summed E-state index contributed by atoms with van der Waals surface area (Å²) in [6.07, 6.45) is 5.23. The first-order valence-electron chi connectivity index (χ1n) is 4.71. The molecule has 0 fully saturated rings. The third-order valence-corrected chi connectivity index (χ3v) is 2.08. The first kappa shape index (κ1) is 11.6. The third kappa shape index (κ3) is 2.00. The molecular weight excluding hydrogens is 242 g/mol. The molecule has 2 rings (SSSR count). The minimum atomic E-state index is -0.878. The zero-order valence-corrected chi connectivity index (χ0v) is 9.18. The predicted molar refractivity (Wildman–Crippen MR) is 57.1 cm³/mol. The molecule has 9 heteroatoms. The number of nitrogens with zero attached hydrogens (tertiary/aromatic N) is 5. The van der Waals surface area contributed by atoms with Gasteiger partial charge in [-0.3, -0.25) is 10.1 Å². The summed E-state index contributed by atoms with van der Waals surface area (Å²) in [5.41, 5.74) is -0.409. The summed E-state index contributed by atoms with van der Waals surface area (Å²) in [5.74, 6) is -0.878. The highest BCUT2D eigenvalue weighted by Gasteiger charge is 2.26. The first-order chi connectivity index (χ1) is 8.63. The molecule has 0 amide bonds. The van der Waals surface area contributed by atoms with Gasteiger partial charge in [-0.05, 0) is 0 Å². The molecule has 0 saturated carbocycles. The monoisotopic (exact) mass is 249 g/mol. The van der Waals surface area contributed by atoms with Crippen LogP contribution in [0.2, 0.25) is 0 Å². The second-order valence-corrected chi connectivity index (χ2v) is 3.15. The van der Waals surface area contributed by atoms with Crippen LogP contribution in [0.1, 0.15) is 10.5 Å². The summed E-state index contributed by atoms with van der Waals surface area (Å²) in [6.45, 7) is 0. The lowest BCUT2D eigenvalue weighted by Crippen LogP contribution is -2.06. The highest BCUT2D eigenvalue weighted by molar-refractivity contribution is 5.91. The molecule has 0 aliphatic rings. The standard InChI is InChI=1S/C9H7N5O4/c1-18-9(15)8-7(14(16)17)4-13(12-8)6-2-10-5-11-3-6/h2-5H,1H3. The van der Waals surface area contributed by atoms with E-state index in [9.17, 15) is 14.9 Å². The Morgan fingerprint density at radius 1 is 1.44 bits per heavy atom. The van der Waals surface area contributed by atoms with Gasteiger partial charge in [0.1, 0.15) is 18.2 Å². The van der Waals surface area contributed by atoms with Gasteiger partial charge in [-0.15, -0.1) is 0 Å². The fourth-order valence-corrected chi connectivity index (χ4v) is 1.28. The summed E-state index contributed by atoms with van der Waals surface area (Å²) >= 11 is 0. The molecule has 0 aromatic carbocycles. The highest BCUT2D eigenvalue weighted by Crippen LogP contribution is 2.19. The van der Waals surface area contributed by atoms with E-state index < -0.39 is 16.6 Å². The number of nitro groups is 1. The van der Waals surface area contributed by atoms with E-state index in [0.717, 1.165) is 18.0 Å². The number of carbonyl (C=O) groups excluding carboxylic acids is 1. The Bertz CT molecular complexity index is 594. The van der Waals surface area contributed by atoms with Crippen molar-refractivity contribution in [2.45, 2.75) is 0 Å². The molecule has 2 aromatic rings. The van der Waals surface area contributed by atoms with Crippen molar-refractivity contribution in [3.05, 3.63) is 40.7 Å². The maximum atomic E-state index is 11.3. The Balaban J connectivity index is 2.53. The molecule has 2 heterocycles. The van der Waals surface area contributed by atoms with Crippen LogP contribution in [0.25, 0.3) is 5.69 Å². The fourth-order valence-electron chi connectivity index (χ4n) is 1.28. The van der Waals surface area contributed by atoms with Gasteiger partial charge in [-0.2, -0.15) is 5.10 Å². The van der Waals surface area contributed by atoms with E-state index in [-0.39, 0.29) is 5.69 Å². The van der Waals surface area contributed by atoms with Crippen LogP contribution in [-0.2, 0) is 4.74 Å². The Kier molecular flexibility index (Phi) is 2.96. The van der Waals surface area contributed by atoms with Gasteiger partial charge in [-0.25, -0.2) is 19.4 Å². The van der Waals surface area contributed by atoms with Crippen LogP contribution in [0.5, 0.6) is 0 Å². The van der Waals surface area contributed by atoms with Gasteiger partial charge in [0.25, 0.3) is 0 Å². The lowest BCUT2D eigenvalue weighted by atomic mass is 10.4. The predicted octanol–water partition coefficient (Wildman–Crippen LogP) is 0.357. The summed E-state index contributed by atoms with van der Waals surface area (Å²) in [7, 11) is 1.12. The Morgan fingerprint density at radius 3 is 2.67 bits per heavy atom. The number of esters is 1. The molecule has 0 radical (unpaired) electrons. The summed E-state index contributed by atoms with van der Waals surface area (Å²) in [6, 6.07) is 0. The van der Waals surface area contributed by atoms with E-state index >= 15 is 0 Å². The molecule has 18 heavy (non-hydrogen) atoms. The average Bonchev–Trinajstić information content (AvgIpc) is 2.84. The zero-order valence-electron chi connectivity index (χ0n) is 9.18. The second-order valence-electron chi connectivity index (χ2n) is 3.15. The molecule has 0 saturated heterocycles. The van der Waals surface area contributed by atoms with E-state index in [1.807, 2.05) is 0 Å². The molecule has 0 atom stereocenters. The quantitative estimate of drug-likeness (QED) is 0.438. The lowest BCUT2D eigenvalue weighted by molar-refractivity contribution is -0.385. The first-order valence-corrected chi connectivity index (χ1v) is 4.71. The second kappa shape index (κ2) is 4.57. The van der Waals surface area contributed by atoms with Crippen LogP contribution in [0, 0.1) is 10.1 Å². The molecule has 0 bridgehead atoms. The molecule has 0 aliphatic carbocycles. The average molecular weight is 249 g/mol. The molecule has 92 valence electrons. The van der Waals surface area contributed by atoms with Crippen LogP contribution in [0.3, 0.4) is 0 Å². The Labute approximate surface area is 100 Å². The van der Waals surface area contributed by atoms with Crippen molar-refractivity contribution in [3.8, 4) is 5.69 Å². The minimum Gasteiger partial charge on any atom is -0.464 e. The van der Waals surface area contributed by atoms with Crippen molar-refractivity contribution in [3.63, 3.8) is 0 Å². The number of rotatable bonds is 3. The topological polar surface area (TPSA) is 113 Å². The van der Waals surface area contributed by atoms with Gasteiger partial charge in [0.15, 0.2) is 0 Å². The molecule has 0 N–H and O–H groups in total. The van der Waals surface area contributed by atoms with Gasteiger partial charge in [0, 0.05) is 0 Å². The van der Waals surface area contributed by atoms with E-state index in [4.69, 9.17) is 0 Å². The Hall–Kier alpha value is -2.84.